The van der Waals surface area contributed by atoms with Gasteiger partial charge in [-0.05, 0) is 6.04 Å². The van der Waals surface area contributed by atoms with E-state index in [1.54, 1.807) is 13.1 Å². The van der Waals surface area contributed by atoms with E-state index in [2.05, 4.69) is 4.98 Å². The van der Waals surface area contributed by atoms with E-state index < -0.39 is 20.3 Å². The maximum absolute atomic E-state index is 11.9. The van der Waals surface area contributed by atoms with Gasteiger partial charge < -0.3 is 4.98 Å². The quantitative estimate of drug-likeness (QED) is 0.735. The van der Waals surface area contributed by atoms with Crippen LogP contribution in [0.4, 0.5) is 13.2 Å². The first-order valence-corrected chi connectivity index (χ1v) is 7.79. The van der Waals surface area contributed by atoms with Crippen molar-refractivity contribution in [1.82, 2.24) is 4.98 Å². The first kappa shape index (κ1) is 13.5. The Bertz CT molecular complexity index is 203. The number of alkyl halides is 3. The van der Waals surface area contributed by atoms with Crippen LogP contribution in [0.5, 0.6) is 0 Å². The highest BCUT2D eigenvalue weighted by atomic mass is 28.3. The maximum Gasteiger partial charge on any atom is 0.470 e. The van der Waals surface area contributed by atoms with E-state index in [-0.39, 0.29) is 0 Å². The molecule has 14 heavy (non-hydrogen) atoms. The topological polar surface area (TPSA) is 29.1 Å². The Hall–Kier alpha value is -0.523. The van der Waals surface area contributed by atoms with Crippen molar-refractivity contribution in [1.29, 1.82) is 0 Å². The smallest absolute Gasteiger partial charge is 0.374 e. The van der Waals surface area contributed by atoms with E-state index in [1.165, 1.54) is 0 Å². The van der Waals surface area contributed by atoms with E-state index in [1.807, 2.05) is 6.92 Å². The summed E-state index contributed by atoms with van der Waals surface area (Å²) in [5.41, 5.74) is 0. The molecule has 0 aromatic carbocycles. The summed E-state index contributed by atoms with van der Waals surface area (Å²) in [6.45, 7) is 5.43. The lowest BCUT2D eigenvalue weighted by Crippen LogP contribution is -2.52. The van der Waals surface area contributed by atoms with E-state index in [9.17, 15) is 18.0 Å². The van der Waals surface area contributed by atoms with Crippen molar-refractivity contribution in [3.63, 3.8) is 0 Å². The van der Waals surface area contributed by atoms with Crippen LogP contribution in [0.2, 0.25) is 19.1 Å². The van der Waals surface area contributed by atoms with Gasteiger partial charge in [-0.3, -0.25) is 4.79 Å². The summed E-state index contributed by atoms with van der Waals surface area (Å²) in [7, 11) is -2.22. The van der Waals surface area contributed by atoms with Crippen LogP contribution in [0.3, 0.4) is 0 Å². The molecule has 84 valence electrons. The largest absolute Gasteiger partial charge is 0.470 e. The lowest BCUT2D eigenvalue weighted by atomic mass is 10.4. The molecule has 6 heteroatoms. The standard InChI is InChI=1S/C8H16F3NOSi/c1-4-5-6-14(2,3)12-7(13)8(9,10)11/h4-6H2,1-3H3,(H,12,13). The molecular formula is C8H16F3NOSi. The van der Waals surface area contributed by atoms with E-state index >= 15 is 0 Å². The normalized spacial score (nSPS) is 12.7. The maximum atomic E-state index is 11.9. The minimum Gasteiger partial charge on any atom is -0.374 e. The number of carbonyl (C=O) groups is 1. The third-order valence-electron chi connectivity index (χ3n) is 1.86. The van der Waals surface area contributed by atoms with Gasteiger partial charge in [0.25, 0.3) is 0 Å². The molecule has 0 unspecified atom stereocenters. The number of hydrogen-bond acceptors (Lipinski definition) is 1. The zero-order valence-corrected chi connectivity index (χ0v) is 9.66. The number of nitrogens with one attached hydrogen (secondary N) is 1. The van der Waals surface area contributed by atoms with Crippen LogP contribution in [-0.2, 0) is 4.79 Å². The van der Waals surface area contributed by atoms with Crippen LogP contribution in [0.15, 0.2) is 0 Å². The van der Waals surface area contributed by atoms with Gasteiger partial charge in [0.2, 0.25) is 0 Å². The third kappa shape index (κ3) is 5.26. The first-order valence-electron chi connectivity index (χ1n) is 4.58. The van der Waals surface area contributed by atoms with Crippen LogP contribution in [0, 0.1) is 0 Å². The summed E-state index contributed by atoms with van der Waals surface area (Å²) in [5.74, 6) is -1.80. The van der Waals surface area contributed by atoms with Crippen LogP contribution < -0.4 is 4.98 Å². The number of amides is 1. The molecule has 0 spiro atoms. The Morgan fingerprint density at radius 1 is 1.36 bits per heavy atom. The Morgan fingerprint density at radius 2 is 1.86 bits per heavy atom. The molecule has 0 saturated heterocycles. The van der Waals surface area contributed by atoms with E-state index in [0.29, 0.717) is 6.04 Å². The molecule has 0 aromatic rings. The highest BCUT2D eigenvalue weighted by molar-refractivity contribution is 6.77. The van der Waals surface area contributed by atoms with Gasteiger partial charge in [-0.2, -0.15) is 13.2 Å². The van der Waals surface area contributed by atoms with E-state index in [0.717, 1.165) is 12.8 Å². The third-order valence-corrected chi connectivity index (χ3v) is 4.37. The number of carbonyl (C=O) groups excluding carboxylic acids is 1. The van der Waals surface area contributed by atoms with Gasteiger partial charge >= 0.3 is 12.1 Å². The fourth-order valence-electron chi connectivity index (χ4n) is 1.06. The summed E-state index contributed by atoms with van der Waals surface area (Å²) < 4.78 is 35.7. The number of hydrogen-bond donors (Lipinski definition) is 1. The van der Waals surface area contributed by atoms with Gasteiger partial charge in [0, 0.05) is 0 Å². The molecule has 0 rings (SSSR count). The molecule has 2 nitrogen and oxygen atoms in total. The van der Waals surface area contributed by atoms with Crippen LogP contribution in [-0.4, -0.2) is 20.3 Å². The molecule has 0 saturated carbocycles. The average Bonchev–Trinajstić information content (AvgIpc) is 1.98. The molecule has 0 radical (unpaired) electrons. The second-order valence-electron chi connectivity index (χ2n) is 3.94. The summed E-state index contributed by atoms with van der Waals surface area (Å²) in [4.78, 5) is 12.7. The number of rotatable bonds is 4. The molecular weight excluding hydrogens is 211 g/mol. The second kappa shape index (κ2) is 4.81. The Kier molecular flexibility index (Phi) is 4.63. The highest BCUT2D eigenvalue weighted by Crippen LogP contribution is 2.17. The fourth-order valence-corrected chi connectivity index (χ4v) is 3.18. The Labute approximate surface area is 83.0 Å². The zero-order valence-electron chi connectivity index (χ0n) is 8.66. The van der Waals surface area contributed by atoms with Crippen molar-refractivity contribution in [2.24, 2.45) is 0 Å². The first-order chi connectivity index (χ1) is 6.19. The van der Waals surface area contributed by atoms with Gasteiger partial charge in [0.15, 0.2) is 8.24 Å². The van der Waals surface area contributed by atoms with Crippen LogP contribution in [0.1, 0.15) is 19.8 Å². The summed E-state index contributed by atoms with van der Waals surface area (Å²) in [5, 5.41) is 0. The minimum atomic E-state index is -4.75. The molecule has 0 bridgehead atoms. The van der Waals surface area contributed by atoms with Crippen LogP contribution in [0.25, 0.3) is 0 Å². The predicted octanol–water partition coefficient (Wildman–Crippen LogP) is 2.67. The molecule has 1 amide bonds. The molecule has 0 aromatic heterocycles. The monoisotopic (exact) mass is 227 g/mol. The number of halogens is 3. The van der Waals surface area contributed by atoms with Gasteiger partial charge in [0.1, 0.15) is 0 Å². The fraction of sp³-hybridized carbons (Fsp3) is 0.875. The van der Waals surface area contributed by atoms with Gasteiger partial charge in [-0.25, -0.2) is 0 Å². The SMILES string of the molecule is CCCC[Si](C)(C)NC(=O)C(F)(F)F. The van der Waals surface area contributed by atoms with Crippen molar-refractivity contribution >= 4 is 14.1 Å². The lowest BCUT2D eigenvalue weighted by Gasteiger charge is -2.23. The van der Waals surface area contributed by atoms with Crippen LogP contribution >= 0.6 is 0 Å². The molecule has 0 atom stereocenters. The van der Waals surface area contributed by atoms with Crippen molar-refractivity contribution in [3.8, 4) is 0 Å². The Morgan fingerprint density at radius 3 is 2.21 bits per heavy atom. The van der Waals surface area contributed by atoms with Crippen molar-refractivity contribution in [3.05, 3.63) is 0 Å². The van der Waals surface area contributed by atoms with Crippen molar-refractivity contribution in [2.75, 3.05) is 0 Å². The summed E-state index contributed by atoms with van der Waals surface area (Å²) >= 11 is 0. The number of unbranched alkanes of at least 4 members (excludes halogenated alkanes) is 1. The van der Waals surface area contributed by atoms with Gasteiger partial charge in [-0.15, -0.1) is 0 Å². The van der Waals surface area contributed by atoms with Gasteiger partial charge in [-0.1, -0.05) is 32.9 Å². The van der Waals surface area contributed by atoms with Gasteiger partial charge in [0.05, 0.1) is 0 Å². The predicted molar refractivity (Wildman–Crippen MR) is 51.4 cm³/mol. The lowest BCUT2D eigenvalue weighted by molar-refractivity contribution is -0.171. The molecule has 0 heterocycles. The van der Waals surface area contributed by atoms with Crippen molar-refractivity contribution < 1.29 is 18.0 Å². The summed E-state index contributed by atoms with van der Waals surface area (Å²) in [6.07, 6.45) is -2.97. The minimum absolute atomic E-state index is 0.686. The molecule has 0 aliphatic heterocycles. The highest BCUT2D eigenvalue weighted by Gasteiger charge is 2.41. The average molecular weight is 227 g/mol. The summed E-state index contributed by atoms with van der Waals surface area (Å²) in [6, 6.07) is 0.686. The van der Waals surface area contributed by atoms with Crippen molar-refractivity contribution in [2.45, 2.75) is 45.1 Å². The molecule has 0 fully saturated rings. The Balaban J connectivity index is 4.15. The second-order valence-corrected chi connectivity index (χ2v) is 8.46. The molecule has 0 aliphatic rings. The molecule has 0 aliphatic carbocycles. The van der Waals surface area contributed by atoms with E-state index in [4.69, 9.17) is 0 Å². The molecule has 1 N–H and O–H groups in total. The zero-order chi connectivity index (χ0) is 11.4.